The Hall–Kier alpha value is -2.85. The van der Waals surface area contributed by atoms with Crippen molar-refractivity contribution in [3.63, 3.8) is 0 Å². The zero-order valence-corrected chi connectivity index (χ0v) is 19.1. The predicted octanol–water partition coefficient (Wildman–Crippen LogP) is 3.78. The first-order valence-electron chi connectivity index (χ1n) is 9.81. The van der Waals surface area contributed by atoms with Crippen LogP contribution in [0.1, 0.15) is 0 Å². The van der Waals surface area contributed by atoms with Crippen molar-refractivity contribution in [2.45, 2.75) is 14.7 Å². The van der Waals surface area contributed by atoms with Gasteiger partial charge in [0, 0.05) is 23.4 Å². The van der Waals surface area contributed by atoms with Gasteiger partial charge < -0.3 is 14.8 Å². The van der Waals surface area contributed by atoms with Gasteiger partial charge in [-0.25, -0.2) is 13.1 Å². The molecule has 9 heteroatoms. The first-order chi connectivity index (χ1) is 15.5. The largest absolute Gasteiger partial charge is 0.484 e. The Balaban J connectivity index is 1.55. The standard InChI is InChI=1S/C23H24N2O5S2/c1-29-16-15-24-32(27,28)20-13-11-18(12-14-20)30-17-23(26)25-21-9-5-6-10-22(21)31-19-7-3-2-4-8-19/h2-14,24H,15-17H2,1H3,(H,25,26). The van der Waals surface area contributed by atoms with Crippen molar-refractivity contribution in [1.82, 2.24) is 4.72 Å². The van der Waals surface area contributed by atoms with Gasteiger partial charge in [-0.15, -0.1) is 0 Å². The van der Waals surface area contributed by atoms with Crippen LogP contribution in [0, 0.1) is 0 Å². The van der Waals surface area contributed by atoms with E-state index in [9.17, 15) is 13.2 Å². The zero-order chi connectivity index (χ0) is 22.8. The summed E-state index contributed by atoms with van der Waals surface area (Å²) in [6.45, 7) is 0.256. The summed E-state index contributed by atoms with van der Waals surface area (Å²) in [6.07, 6.45) is 0. The van der Waals surface area contributed by atoms with Crippen LogP contribution in [0.25, 0.3) is 0 Å². The van der Waals surface area contributed by atoms with Crippen LogP contribution < -0.4 is 14.8 Å². The highest BCUT2D eigenvalue weighted by atomic mass is 32.2. The van der Waals surface area contributed by atoms with E-state index in [-0.39, 0.29) is 30.6 Å². The van der Waals surface area contributed by atoms with Gasteiger partial charge in [0.2, 0.25) is 10.0 Å². The van der Waals surface area contributed by atoms with Crippen molar-refractivity contribution in [2.24, 2.45) is 0 Å². The lowest BCUT2D eigenvalue weighted by Gasteiger charge is -2.12. The minimum absolute atomic E-state index is 0.109. The summed E-state index contributed by atoms with van der Waals surface area (Å²) >= 11 is 1.56. The fourth-order valence-electron chi connectivity index (χ4n) is 2.69. The first-order valence-corrected chi connectivity index (χ1v) is 12.1. The molecule has 0 atom stereocenters. The Morgan fingerprint density at radius 1 is 0.938 bits per heavy atom. The number of hydrogen-bond acceptors (Lipinski definition) is 6. The van der Waals surface area contributed by atoms with Crippen molar-refractivity contribution in [3.05, 3.63) is 78.9 Å². The van der Waals surface area contributed by atoms with Crippen LogP contribution in [-0.4, -0.2) is 41.2 Å². The molecule has 0 bridgehead atoms. The number of methoxy groups -OCH3 is 1. The summed E-state index contributed by atoms with van der Waals surface area (Å²) in [6, 6.07) is 23.3. The van der Waals surface area contributed by atoms with Crippen LogP contribution in [0.15, 0.2) is 93.5 Å². The Kier molecular flexibility index (Phi) is 8.69. The second kappa shape index (κ2) is 11.7. The molecular formula is C23H24N2O5S2. The summed E-state index contributed by atoms with van der Waals surface area (Å²) in [7, 11) is -2.12. The summed E-state index contributed by atoms with van der Waals surface area (Å²) in [5, 5.41) is 2.86. The molecule has 3 rings (SSSR count). The molecule has 3 aromatic rings. The van der Waals surface area contributed by atoms with E-state index in [2.05, 4.69) is 10.0 Å². The van der Waals surface area contributed by atoms with Gasteiger partial charge in [0.1, 0.15) is 5.75 Å². The van der Waals surface area contributed by atoms with E-state index >= 15 is 0 Å². The predicted molar refractivity (Wildman–Crippen MR) is 125 cm³/mol. The van der Waals surface area contributed by atoms with Crippen molar-refractivity contribution in [3.8, 4) is 5.75 Å². The third-order valence-electron chi connectivity index (χ3n) is 4.23. The van der Waals surface area contributed by atoms with Gasteiger partial charge >= 0.3 is 0 Å². The number of ether oxygens (including phenoxy) is 2. The number of para-hydroxylation sites is 1. The molecule has 0 radical (unpaired) electrons. The minimum Gasteiger partial charge on any atom is -0.484 e. The zero-order valence-electron chi connectivity index (χ0n) is 17.5. The van der Waals surface area contributed by atoms with Crippen LogP contribution in [-0.2, 0) is 19.6 Å². The molecule has 0 saturated carbocycles. The summed E-state index contributed by atoms with van der Waals surface area (Å²) in [5.74, 6) is 0.0759. The molecule has 0 saturated heterocycles. The number of nitrogens with one attached hydrogen (secondary N) is 2. The molecule has 2 N–H and O–H groups in total. The quantitative estimate of drug-likeness (QED) is 0.413. The normalized spacial score (nSPS) is 11.2. The molecule has 0 heterocycles. The lowest BCUT2D eigenvalue weighted by Crippen LogP contribution is -2.27. The summed E-state index contributed by atoms with van der Waals surface area (Å²) in [5.41, 5.74) is 0.693. The molecule has 0 aromatic heterocycles. The molecule has 0 aliphatic heterocycles. The van der Waals surface area contributed by atoms with Gasteiger partial charge in [0.05, 0.1) is 17.2 Å². The Morgan fingerprint density at radius 2 is 1.62 bits per heavy atom. The fraction of sp³-hybridized carbons (Fsp3) is 0.174. The highest BCUT2D eigenvalue weighted by molar-refractivity contribution is 7.99. The molecule has 0 spiro atoms. The Labute approximate surface area is 192 Å². The summed E-state index contributed by atoms with van der Waals surface area (Å²) < 4.78 is 37.1. The number of benzene rings is 3. The SMILES string of the molecule is COCCNS(=O)(=O)c1ccc(OCC(=O)Nc2ccccc2Sc2ccccc2)cc1. The van der Waals surface area contributed by atoms with Crippen molar-refractivity contribution >= 4 is 33.4 Å². The van der Waals surface area contributed by atoms with E-state index in [0.29, 0.717) is 11.4 Å². The van der Waals surface area contributed by atoms with E-state index < -0.39 is 10.0 Å². The van der Waals surface area contributed by atoms with E-state index in [1.165, 1.54) is 31.4 Å². The number of rotatable bonds is 11. The van der Waals surface area contributed by atoms with Crippen LogP contribution in [0.4, 0.5) is 5.69 Å². The third kappa shape index (κ3) is 7.10. The molecule has 7 nitrogen and oxygen atoms in total. The third-order valence-corrected chi connectivity index (χ3v) is 6.80. The smallest absolute Gasteiger partial charge is 0.262 e. The summed E-state index contributed by atoms with van der Waals surface area (Å²) in [4.78, 5) is 14.5. The van der Waals surface area contributed by atoms with Crippen molar-refractivity contribution in [2.75, 3.05) is 32.2 Å². The molecule has 168 valence electrons. The average Bonchev–Trinajstić information content (AvgIpc) is 2.80. The van der Waals surface area contributed by atoms with Gasteiger partial charge in [-0.1, -0.05) is 42.1 Å². The van der Waals surface area contributed by atoms with Crippen molar-refractivity contribution < 1.29 is 22.7 Å². The molecule has 0 aliphatic carbocycles. The minimum atomic E-state index is -3.62. The maximum Gasteiger partial charge on any atom is 0.262 e. The number of amides is 1. The number of carbonyl (C=O) groups excluding carboxylic acids is 1. The number of sulfonamides is 1. The molecule has 3 aromatic carbocycles. The van der Waals surface area contributed by atoms with Gasteiger partial charge in [0.25, 0.3) is 5.91 Å². The number of carbonyl (C=O) groups is 1. The van der Waals surface area contributed by atoms with Crippen LogP contribution in [0.2, 0.25) is 0 Å². The maximum absolute atomic E-state index is 12.4. The topological polar surface area (TPSA) is 93.7 Å². The van der Waals surface area contributed by atoms with Gasteiger partial charge in [0.15, 0.2) is 6.61 Å². The van der Waals surface area contributed by atoms with Crippen LogP contribution >= 0.6 is 11.8 Å². The van der Waals surface area contributed by atoms with E-state index in [1.54, 1.807) is 11.8 Å². The van der Waals surface area contributed by atoms with E-state index in [4.69, 9.17) is 9.47 Å². The Morgan fingerprint density at radius 3 is 2.34 bits per heavy atom. The highest BCUT2D eigenvalue weighted by Crippen LogP contribution is 2.33. The average molecular weight is 473 g/mol. The molecule has 0 unspecified atom stereocenters. The second-order valence-electron chi connectivity index (χ2n) is 6.61. The highest BCUT2D eigenvalue weighted by Gasteiger charge is 2.14. The number of anilines is 1. The lowest BCUT2D eigenvalue weighted by molar-refractivity contribution is -0.118. The van der Waals surface area contributed by atoms with Crippen molar-refractivity contribution in [1.29, 1.82) is 0 Å². The maximum atomic E-state index is 12.4. The molecule has 32 heavy (non-hydrogen) atoms. The van der Waals surface area contributed by atoms with E-state index in [0.717, 1.165) is 9.79 Å². The van der Waals surface area contributed by atoms with Gasteiger partial charge in [-0.3, -0.25) is 4.79 Å². The molecule has 0 fully saturated rings. The molecule has 0 aliphatic rings. The molecule has 1 amide bonds. The fourth-order valence-corrected chi connectivity index (χ4v) is 4.62. The molecular weight excluding hydrogens is 448 g/mol. The number of hydrogen-bond donors (Lipinski definition) is 2. The van der Waals surface area contributed by atoms with Crippen LogP contribution in [0.5, 0.6) is 5.75 Å². The van der Waals surface area contributed by atoms with Gasteiger partial charge in [-0.05, 0) is 48.5 Å². The monoisotopic (exact) mass is 472 g/mol. The second-order valence-corrected chi connectivity index (χ2v) is 9.49. The Bertz CT molecular complexity index is 1120. The van der Waals surface area contributed by atoms with Crippen LogP contribution in [0.3, 0.4) is 0 Å². The first kappa shape index (κ1) is 23.8. The lowest BCUT2D eigenvalue weighted by atomic mass is 10.3. The van der Waals surface area contributed by atoms with Gasteiger partial charge in [-0.2, -0.15) is 0 Å². The van der Waals surface area contributed by atoms with E-state index in [1.807, 2.05) is 54.6 Å².